The lowest BCUT2D eigenvalue weighted by Crippen LogP contribution is -2.77. The van der Waals surface area contributed by atoms with Gasteiger partial charge in [-0.25, -0.2) is 0 Å². The molecule has 0 heterocycles. The predicted octanol–water partition coefficient (Wildman–Crippen LogP) is 3.44. The van der Waals surface area contributed by atoms with Crippen molar-refractivity contribution in [3.63, 3.8) is 0 Å². The Morgan fingerprint density at radius 3 is 2.16 bits per heavy atom. The number of fused-ring (bicyclic) bond motifs is 6. The van der Waals surface area contributed by atoms with Gasteiger partial charge >= 0.3 is 5.97 Å². The highest BCUT2D eigenvalue weighted by Crippen LogP contribution is 2.76. The highest BCUT2D eigenvalue weighted by atomic mass is 16.5. The number of esters is 1. The summed E-state index contributed by atoms with van der Waals surface area (Å²) in [5, 5.41) is 11.1. The minimum atomic E-state index is -2.29. The number of carbonyl (C=O) groups is 4. The van der Waals surface area contributed by atoms with Crippen molar-refractivity contribution in [1.82, 2.24) is 0 Å². The zero-order chi connectivity index (χ0) is 24.3. The van der Waals surface area contributed by atoms with Gasteiger partial charge in [0.25, 0.3) is 0 Å². The SMILES string of the molecule is C=C1[C@]2(C)CC3[C@@]4(C)CCC(=O)C(C)(C)C4CC[C@@]3(C)[C@@]1(C(=O)OC)C(=O)[C@](C)(O)C2=O. The van der Waals surface area contributed by atoms with Crippen LogP contribution in [0.15, 0.2) is 12.2 Å². The Morgan fingerprint density at radius 2 is 1.59 bits per heavy atom. The second-order valence-electron chi connectivity index (χ2n) is 12.2. The number of hydrogen-bond donors (Lipinski definition) is 1. The topological polar surface area (TPSA) is 97.7 Å². The Bertz CT molecular complexity index is 965. The van der Waals surface area contributed by atoms with E-state index in [1.54, 1.807) is 6.92 Å². The fourth-order valence-electron chi connectivity index (χ4n) is 8.78. The first-order valence-electron chi connectivity index (χ1n) is 11.6. The van der Waals surface area contributed by atoms with Gasteiger partial charge in [-0.15, -0.1) is 0 Å². The molecule has 0 aromatic rings. The molecule has 1 N–H and O–H groups in total. The average Bonchev–Trinajstić information content (AvgIpc) is 2.71. The van der Waals surface area contributed by atoms with E-state index in [0.717, 1.165) is 0 Å². The van der Waals surface area contributed by atoms with Crippen LogP contribution >= 0.6 is 0 Å². The molecule has 176 valence electrons. The van der Waals surface area contributed by atoms with Gasteiger partial charge in [-0.2, -0.15) is 0 Å². The van der Waals surface area contributed by atoms with Crippen LogP contribution in [0.1, 0.15) is 73.6 Å². The second-order valence-corrected chi connectivity index (χ2v) is 12.2. The first kappa shape index (κ1) is 23.3. The smallest absolute Gasteiger partial charge is 0.324 e. The van der Waals surface area contributed by atoms with Crippen LogP contribution in [-0.4, -0.2) is 41.1 Å². The van der Waals surface area contributed by atoms with E-state index >= 15 is 0 Å². The van der Waals surface area contributed by atoms with Crippen LogP contribution in [0.5, 0.6) is 0 Å². The quantitative estimate of drug-likeness (QED) is 0.378. The van der Waals surface area contributed by atoms with Crippen molar-refractivity contribution in [2.24, 2.45) is 38.9 Å². The molecule has 0 aromatic carbocycles. The van der Waals surface area contributed by atoms with Crippen molar-refractivity contribution in [3.05, 3.63) is 12.2 Å². The fraction of sp³-hybridized carbons (Fsp3) is 0.769. The summed E-state index contributed by atoms with van der Waals surface area (Å²) in [5.74, 6) is -2.03. The minimum Gasteiger partial charge on any atom is -0.468 e. The molecule has 0 radical (unpaired) electrons. The van der Waals surface area contributed by atoms with Gasteiger partial charge in [0.15, 0.2) is 22.6 Å². The largest absolute Gasteiger partial charge is 0.468 e. The van der Waals surface area contributed by atoms with Gasteiger partial charge in [0.1, 0.15) is 5.78 Å². The molecule has 0 saturated heterocycles. The molecule has 32 heavy (non-hydrogen) atoms. The highest BCUT2D eigenvalue weighted by Gasteiger charge is 2.81. The molecule has 4 aliphatic carbocycles. The minimum absolute atomic E-state index is 0.0745. The molecule has 4 rings (SSSR count). The van der Waals surface area contributed by atoms with E-state index in [0.29, 0.717) is 32.1 Å². The Kier molecular flexibility index (Phi) is 4.52. The van der Waals surface area contributed by atoms with Crippen LogP contribution in [0, 0.1) is 38.9 Å². The van der Waals surface area contributed by atoms with Crippen molar-refractivity contribution in [2.75, 3.05) is 7.11 Å². The Hall–Kier alpha value is -1.82. The zero-order valence-corrected chi connectivity index (χ0v) is 20.4. The van der Waals surface area contributed by atoms with Crippen molar-refractivity contribution in [2.45, 2.75) is 79.2 Å². The summed E-state index contributed by atoms with van der Waals surface area (Å²) < 4.78 is 5.22. The Labute approximate surface area is 190 Å². The highest BCUT2D eigenvalue weighted by molar-refractivity contribution is 6.26. The summed E-state index contributed by atoms with van der Waals surface area (Å²) in [6.07, 6.45) is 2.66. The van der Waals surface area contributed by atoms with E-state index in [9.17, 15) is 24.3 Å². The molecular weight excluding hydrogens is 408 g/mol. The summed E-state index contributed by atoms with van der Waals surface area (Å²) in [6.45, 7) is 15.2. The molecule has 0 aliphatic heterocycles. The van der Waals surface area contributed by atoms with E-state index in [4.69, 9.17) is 4.74 Å². The molecule has 6 nitrogen and oxygen atoms in total. The van der Waals surface area contributed by atoms with E-state index in [1.165, 1.54) is 14.0 Å². The number of ketones is 3. The van der Waals surface area contributed by atoms with Crippen LogP contribution in [-0.2, 0) is 23.9 Å². The third kappa shape index (κ3) is 2.16. The van der Waals surface area contributed by atoms with Gasteiger partial charge in [0.2, 0.25) is 0 Å². The molecule has 0 aromatic heterocycles. The lowest BCUT2D eigenvalue weighted by molar-refractivity contribution is -0.222. The van der Waals surface area contributed by atoms with E-state index < -0.39 is 44.8 Å². The predicted molar refractivity (Wildman–Crippen MR) is 117 cm³/mol. The van der Waals surface area contributed by atoms with Crippen LogP contribution in [0.4, 0.5) is 0 Å². The van der Waals surface area contributed by atoms with Crippen LogP contribution in [0.25, 0.3) is 0 Å². The van der Waals surface area contributed by atoms with Gasteiger partial charge in [0.05, 0.1) is 12.5 Å². The van der Waals surface area contributed by atoms with Gasteiger partial charge < -0.3 is 9.84 Å². The molecule has 4 aliphatic rings. The second kappa shape index (κ2) is 6.19. The fourth-order valence-corrected chi connectivity index (χ4v) is 8.78. The summed E-state index contributed by atoms with van der Waals surface area (Å²) in [4.78, 5) is 53.9. The van der Waals surface area contributed by atoms with Gasteiger partial charge in [-0.3, -0.25) is 19.2 Å². The van der Waals surface area contributed by atoms with E-state index in [-0.39, 0.29) is 28.6 Å². The Morgan fingerprint density at radius 1 is 1.00 bits per heavy atom. The molecule has 2 bridgehead atoms. The van der Waals surface area contributed by atoms with Gasteiger partial charge in [-0.05, 0) is 67.8 Å². The summed E-state index contributed by atoms with van der Waals surface area (Å²) in [5.41, 5.74) is -6.85. The van der Waals surface area contributed by atoms with Crippen molar-refractivity contribution in [3.8, 4) is 0 Å². The number of aliphatic hydroxyl groups is 1. The molecule has 0 spiro atoms. The van der Waals surface area contributed by atoms with E-state index in [2.05, 4.69) is 13.5 Å². The molecular formula is C26H36O6. The van der Waals surface area contributed by atoms with Crippen molar-refractivity contribution in [1.29, 1.82) is 0 Å². The van der Waals surface area contributed by atoms with Crippen molar-refractivity contribution < 1.29 is 29.0 Å². The third-order valence-corrected chi connectivity index (χ3v) is 10.6. The molecule has 4 fully saturated rings. The number of hydrogen-bond acceptors (Lipinski definition) is 6. The summed E-state index contributed by atoms with van der Waals surface area (Å²) in [7, 11) is 1.24. The monoisotopic (exact) mass is 444 g/mol. The maximum Gasteiger partial charge on any atom is 0.324 e. The molecule has 7 atom stereocenters. The number of methoxy groups -OCH3 is 1. The maximum atomic E-state index is 14.0. The first-order valence-corrected chi connectivity index (χ1v) is 11.6. The number of carbonyl (C=O) groups excluding carboxylic acids is 4. The molecule has 0 amide bonds. The van der Waals surface area contributed by atoms with Crippen LogP contribution in [0.2, 0.25) is 0 Å². The number of Topliss-reactive ketones (excluding diaryl/α,β-unsaturated/α-hetero) is 3. The number of rotatable bonds is 1. The first-order chi connectivity index (χ1) is 14.5. The number of ether oxygens (including phenoxy) is 1. The normalized spacial score (nSPS) is 49.9. The van der Waals surface area contributed by atoms with Crippen LogP contribution < -0.4 is 0 Å². The van der Waals surface area contributed by atoms with Gasteiger partial charge in [-0.1, -0.05) is 34.3 Å². The van der Waals surface area contributed by atoms with Crippen LogP contribution in [0.3, 0.4) is 0 Å². The average molecular weight is 445 g/mol. The lowest BCUT2D eigenvalue weighted by Gasteiger charge is -2.71. The molecule has 4 saturated carbocycles. The third-order valence-electron chi connectivity index (χ3n) is 10.6. The van der Waals surface area contributed by atoms with Crippen molar-refractivity contribution >= 4 is 23.3 Å². The Balaban J connectivity index is 2.03. The maximum absolute atomic E-state index is 14.0. The summed E-state index contributed by atoms with van der Waals surface area (Å²) >= 11 is 0. The summed E-state index contributed by atoms with van der Waals surface area (Å²) in [6, 6.07) is 0. The standard InChI is InChI=1S/C26H36O6/c1-14-23(5)13-16-22(4)11-10-17(27)21(2,3)15(22)9-12-24(16,6)26(14,20(30)32-8)19(29)25(7,31)18(23)28/h15-16,31H,1,9-13H2,2-8H3/t15?,16?,22-,23-,24+,25+,26+/m0/s1. The molecule has 6 heteroatoms. The lowest BCUT2D eigenvalue weighted by atomic mass is 9.30. The van der Waals surface area contributed by atoms with E-state index in [1.807, 2.05) is 20.8 Å². The molecule has 2 unspecified atom stereocenters. The van der Waals surface area contributed by atoms with Gasteiger partial charge in [0, 0.05) is 11.8 Å². The zero-order valence-electron chi connectivity index (χ0n) is 20.4.